The molecule has 19 heavy (non-hydrogen) atoms. The van der Waals surface area contributed by atoms with Crippen LogP contribution in [0.4, 0.5) is 5.82 Å². The van der Waals surface area contributed by atoms with E-state index in [1.54, 1.807) is 0 Å². The van der Waals surface area contributed by atoms with Gasteiger partial charge in [-0.05, 0) is 18.9 Å². The summed E-state index contributed by atoms with van der Waals surface area (Å²) in [5.41, 5.74) is 8.35. The van der Waals surface area contributed by atoms with Crippen LogP contribution in [0.5, 0.6) is 0 Å². The van der Waals surface area contributed by atoms with Crippen molar-refractivity contribution in [1.29, 1.82) is 0 Å². The fourth-order valence-corrected chi connectivity index (χ4v) is 3.08. The van der Waals surface area contributed by atoms with Crippen LogP contribution in [0.1, 0.15) is 25.7 Å². The lowest BCUT2D eigenvalue weighted by Gasteiger charge is -2.36. The molecular formula is C14H21N5. The highest BCUT2D eigenvalue weighted by molar-refractivity contribution is 5.86. The van der Waals surface area contributed by atoms with Crippen LogP contribution >= 0.6 is 0 Å². The third-order valence-corrected chi connectivity index (χ3v) is 4.24. The molecule has 1 aliphatic carbocycles. The SMILES string of the molecule is CN(c1nccc2c1ncn2C)C1CCCCC1N. The van der Waals surface area contributed by atoms with Crippen molar-refractivity contribution in [1.82, 2.24) is 14.5 Å². The van der Waals surface area contributed by atoms with Gasteiger partial charge < -0.3 is 15.2 Å². The molecule has 3 rings (SSSR count). The summed E-state index contributed by atoms with van der Waals surface area (Å²) in [5.74, 6) is 0.945. The van der Waals surface area contributed by atoms with Gasteiger partial charge in [-0.25, -0.2) is 9.97 Å². The van der Waals surface area contributed by atoms with Gasteiger partial charge in [0.25, 0.3) is 0 Å². The zero-order chi connectivity index (χ0) is 13.4. The number of nitrogens with zero attached hydrogens (tertiary/aromatic N) is 4. The van der Waals surface area contributed by atoms with Crippen molar-refractivity contribution in [2.75, 3.05) is 11.9 Å². The molecule has 0 bridgehead atoms. The van der Waals surface area contributed by atoms with Gasteiger partial charge >= 0.3 is 0 Å². The zero-order valence-corrected chi connectivity index (χ0v) is 11.6. The van der Waals surface area contributed by atoms with E-state index in [0.717, 1.165) is 29.7 Å². The monoisotopic (exact) mass is 259 g/mol. The Morgan fingerprint density at radius 2 is 2.11 bits per heavy atom. The maximum atomic E-state index is 6.27. The van der Waals surface area contributed by atoms with Crippen molar-refractivity contribution >= 4 is 16.9 Å². The minimum atomic E-state index is 0.236. The molecule has 5 nitrogen and oxygen atoms in total. The third-order valence-electron chi connectivity index (χ3n) is 4.24. The lowest BCUT2D eigenvalue weighted by Crippen LogP contribution is -2.48. The molecule has 2 atom stereocenters. The summed E-state index contributed by atoms with van der Waals surface area (Å²) >= 11 is 0. The Balaban J connectivity index is 1.99. The molecule has 1 fully saturated rings. The molecule has 1 aliphatic rings. The first-order valence-corrected chi connectivity index (χ1v) is 6.93. The van der Waals surface area contributed by atoms with Gasteiger partial charge in [-0.3, -0.25) is 0 Å². The lowest BCUT2D eigenvalue weighted by molar-refractivity contribution is 0.373. The second-order valence-electron chi connectivity index (χ2n) is 5.48. The molecule has 0 aromatic carbocycles. The molecule has 2 heterocycles. The summed E-state index contributed by atoms with van der Waals surface area (Å²) in [6, 6.07) is 2.61. The molecule has 2 aromatic heterocycles. The fourth-order valence-electron chi connectivity index (χ4n) is 3.08. The summed E-state index contributed by atoms with van der Waals surface area (Å²) in [6.07, 6.45) is 8.43. The van der Waals surface area contributed by atoms with E-state index >= 15 is 0 Å². The summed E-state index contributed by atoms with van der Waals surface area (Å²) in [7, 11) is 4.09. The van der Waals surface area contributed by atoms with Crippen molar-refractivity contribution in [3.05, 3.63) is 18.6 Å². The first kappa shape index (κ1) is 12.4. The first-order valence-electron chi connectivity index (χ1n) is 6.93. The molecule has 0 amide bonds. The van der Waals surface area contributed by atoms with Crippen molar-refractivity contribution in [2.45, 2.75) is 37.8 Å². The van der Waals surface area contributed by atoms with Crippen molar-refractivity contribution in [3.63, 3.8) is 0 Å². The molecule has 0 saturated heterocycles. The maximum absolute atomic E-state index is 6.27. The van der Waals surface area contributed by atoms with E-state index in [-0.39, 0.29) is 6.04 Å². The number of anilines is 1. The highest BCUT2D eigenvalue weighted by atomic mass is 15.2. The van der Waals surface area contributed by atoms with Crippen LogP contribution in [-0.2, 0) is 7.05 Å². The summed E-state index contributed by atoms with van der Waals surface area (Å²) in [5, 5.41) is 0. The summed E-state index contributed by atoms with van der Waals surface area (Å²) in [6.45, 7) is 0. The quantitative estimate of drug-likeness (QED) is 0.891. The van der Waals surface area contributed by atoms with Gasteiger partial charge in [-0.2, -0.15) is 0 Å². The Bertz CT molecular complexity index is 576. The number of likely N-dealkylation sites (N-methyl/N-ethyl adjacent to an activating group) is 1. The number of rotatable bonds is 2. The van der Waals surface area contributed by atoms with Crippen molar-refractivity contribution in [2.24, 2.45) is 12.8 Å². The second-order valence-corrected chi connectivity index (χ2v) is 5.48. The molecule has 0 radical (unpaired) electrons. The molecular weight excluding hydrogens is 238 g/mol. The normalized spacial score (nSPS) is 23.7. The molecule has 1 saturated carbocycles. The number of hydrogen-bond donors (Lipinski definition) is 1. The minimum absolute atomic E-state index is 0.236. The van der Waals surface area contributed by atoms with Crippen molar-refractivity contribution in [3.8, 4) is 0 Å². The first-order chi connectivity index (χ1) is 9.18. The van der Waals surface area contributed by atoms with Crippen LogP contribution < -0.4 is 10.6 Å². The molecule has 2 unspecified atom stereocenters. The Labute approximate surface area is 113 Å². The predicted molar refractivity (Wildman–Crippen MR) is 77.1 cm³/mol. The zero-order valence-electron chi connectivity index (χ0n) is 11.6. The molecule has 5 heteroatoms. The van der Waals surface area contributed by atoms with E-state index in [9.17, 15) is 0 Å². The van der Waals surface area contributed by atoms with Gasteiger partial charge in [0.05, 0.1) is 11.8 Å². The Kier molecular flexibility index (Phi) is 3.14. The van der Waals surface area contributed by atoms with Gasteiger partial charge in [-0.1, -0.05) is 12.8 Å². The number of aromatic nitrogens is 3. The predicted octanol–water partition coefficient (Wildman–Crippen LogP) is 1.67. The second kappa shape index (κ2) is 4.81. The topological polar surface area (TPSA) is 60.0 Å². The average molecular weight is 259 g/mol. The van der Waals surface area contributed by atoms with Crippen LogP contribution in [0, 0.1) is 0 Å². The van der Waals surface area contributed by atoms with Crippen LogP contribution in [0.25, 0.3) is 11.0 Å². The number of aryl methyl sites for hydroxylation is 1. The van der Waals surface area contributed by atoms with Crippen molar-refractivity contribution < 1.29 is 0 Å². The van der Waals surface area contributed by atoms with E-state index in [1.807, 2.05) is 30.2 Å². The van der Waals surface area contributed by atoms with Crippen LogP contribution in [-0.4, -0.2) is 33.7 Å². The van der Waals surface area contributed by atoms with Gasteiger partial charge in [0.1, 0.15) is 5.52 Å². The van der Waals surface area contributed by atoms with E-state index in [0.29, 0.717) is 6.04 Å². The molecule has 102 valence electrons. The van der Waals surface area contributed by atoms with E-state index in [4.69, 9.17) is 5.73 Å². The third kappa shape index (κ3) is 2.08. The van der Waals surface area contributed by atoms with E-state index < -0.39 is 0 Å². The van der Waals surface area contributed by atoms with Crippen LogP contribution in [0.3, 0.4) is 0 Å². The van der Waals surface area contributed by atoms with E-state index in [2.05, 4.69) is 21.9 Å². The van der Waals surface area contributed by atoms with Crippen LogP contribution in [0.15, 0.2) is 18.6 Å². The molecule has 2 N–H and O–H groups in total. The fraction of sp³-hybridized carbons (Fsp3) is 0.571. The number of hydrogen-bond acceptors (Lipinski definition) is 4. The molecule has 0 spiro atoms. The Morgan fingerprint density at radius 1 is 1.32 bits per heavy atom. The number of nitrogens with two attached hydrogens (primary N) is 1. The highest BCUT2D eigenvalue weighted by Gasteiger charge is 2.27. The van der Waals surface area contributed by atoms with Gasteiger partial charge in [0, 0.05) is 32.4 Å². The van der Waals surface area contributed by atoms with Gasteiger partial charge in [0.15, 0.2) is 5.82 Å². The van der Waals surface area contributed by atoms with Gasteiger partial charge in [-0.15, -0.1) is 0 Å². The Hall–Kier alpha value is -1.62. The summed E-state index contributed by atoms with van der Waals surface area (Å²) in [4.78, 5) is 11.2. The average Bonchev–Trinajstić information content (AvgIpc) is 2.80. The number of pyridine rings is 1. The maximum Gasteiger partial charge on any atom is 0.156 e. The number of fused-ring (bicyclic) bond motifs is 1. The smallest absolute Gasteiger partial charge is 0.156 e. The largest absolute Gasteiger partial charge is 0.353 e. The molecule has 2 aromatic rings. The number of imidazole rings is 1. The highest BCUT2D eigenvalue weighted by Crippen LogP contribution is 2.28. The molecule has 0 aliphatic heterocycles. The van der Waals surface area contributed by atoms with Gasteiger partial charge in [0.2, 0.25) is 0 Å². The van der Waals surface area contributed by atoms with Crippen LogP contribution in [0.2, 0.25) is 0 Å². The van der Waals surface area contributed by atoms with E-state index in [1.165, 1.54) is 12.8 Å². The summed E-state index contributed by atoms with van der Waals surface area (Å²) < 4.78 is 2.02. The Morgan fingerprint density at radius 3 is 2.89 bits per heavy atom. The lowest BCUT2D eigenvalue weighted by atomic mass is 9.90. The standard InChI is InChI=1S/C14H21N5/c1-18-9-17-13-12(18)7-8-16-14(13)19(2)11-6-4-3-5-10(11)15/h7-11H,3-6,15H2,1-2H3. The minimum Gasteiger partial charge on any atom is -0.353 e.